The molecule has 0 aliphatic rings. The molecule has 1 aromatic rings. The number of benzene rings is 1. The van der Waals surface area contributed by atoms with E-state index in [2.05, 4.69) is 19.1 Å². The van der Waals surface area contributed by atoms with Crippen LogP contribution in [0.4, 0.5) is 0 Å². The van der Waals surface area contributed by atoms with Gasteiger partial charge in [-0.3, -0.25) is 4.79 Å². The molecule has 0 aromatic heterocycles. The molecule has 3 nitrogen and oxygen atoms in total. The third-order valence-electron chi connectivity index (χ3n) is 3.65. The molecule has 0 aliphatic heterocycles. The van der Waals surface area contributed by atoms with Crippen molar-refractivity contribution in [3.63, 3.8) is 0 Å². The number of phenols is 1. The second kappa shape index (κ2) is 10.9. The van der Waals surface area contributed by atoms with E-state index in [9.17, 15) is 9.90 Å². The van der Waals surface area contributed by atoms with Crippen molar-refractivity contribution in [1.82, 2.24) is 0 Å². The molecule has 1 aromatic carbocycles. The lowest BCUT2D eigenvalue weighted by molar-refractivity contribution is -0.119. The maximum Gasteiger partial charge on any atom is 0.160 e. The normalized spacial score (nSPS) is 11.0. The molecule has 0 spiro atoms. The van der Waals surface area contributed by atoms with Gasteiger partial charge in [-0.15, -0.1) is 0 Å². The second-order valence-corrected chi connectivity index (χ2v) is 5.55. The number of Topliss-reactive ketones (excluding diaryl/α,β-unsaturated/α-hetero) is 1. The first-order valence-electron chi connectivity index (χ1n) is 8.20. The van der Waals surface area contributed by atoms with Gasteiger partial charge in [0.25, 0.3) is 0 Å². The molecule has 0 saturated heterocycles. The Bertz CT molecular complexity index is 478. The molecular weight excluding hydrogens is 276 g/mol. The Morgan fingerprint density at radius 2 is 1.91 bits per heavy atom. The molecule has 0 unspecified atom stereocenters. The van der Waals surface area contributed by atoms with E-state index in [1.165, 1.54) is 20.0 Å². The van der Waals surface area contributed by atoms with Gasteiger partial charge in [-0.1, -0.05) is 38.0 Å². The SMILES string of the molecule is CCCCC=CCCCC(=O)CCc1ccc(O)c(OC)c1. The lowest BCUT2D eigenvalue weighted by Crippen LogP contribution is -2.00. The van der Waals surface area contributed by atoms with Crippen molar-refractivity contribution in [3.05, 3.63) is 35.9 Å². The zero-order valence-corrected chi connectivity index (χ0v) is 13.8. The van der Waals surface area contributed by atoms with Crippen molar-refractivity contribution in [2.75, 3.05) is 7.11 Å². The van der Waals surface area contributed by atoms with E-state index in [0.29, 0.717) is 30.8 Å². The summed E-state index contributed by atoms with van der Waals surface area (Å²) in [6.45, 7) is 2.19. The molecule has 122 valence electrons. The highest BCUT2D eigenvalue weighted by Gasteiger charge is 2.05. The van der Waals surface area contributed by atoms with E-state index < -0.39 is 0 Å². The molecule has 0 saturated carbocycles. The van der Waals surface area contributed by atoms with Gasteiger partial charge in [0, 0.05) is 12.8 Å². The molecule has 0 atom stereocenters. The summed E-state index contributed by atoms with van der Waals surface area (Å²) < 4.78 is 5.07. The van der Waals surface area contributed by atoms with Crippen LogP contribution in [0.3, 0.4) is 0 Å². The Morgan fingerprint density at radius 3 is 2.59 bits per heavy atom. The Hall–Kier alpha value is -1.77. The predicted octanol–water partition coefficient (Wildman–Crippen LogP) is 4.82. The number of carbonyl (C=O) groups is 1. The van der Waals surface area contributed by atoms with Gasteiger partial charge in [0.05, 0.1) is 7.11 Å². The number of phenolic OH excluding ortho intramolecular Hbond substituents is 1. The van der Waals surface area contributed by atoms with Crippen LogP contribution < -0.4 is 4.74 Å². The third kappa shape index (κ3) is 7.30. The lowest BCUT2D eigenvalue weighted by Gasteiger charge is -2.06. The fraction of sp³-hybridized carbons (Fsp3) is 0.526. The summed E-state index contributed by atoms with van der Waals surface area (Å²) >= 11 is 0. The quantitative estimate of drug-likeness (QED) is 0.471. The van der Waals surface area contributed by atoms with Crippen LogP contribution in [-0.2, 0) is 11.2 Å². The highest BCUT2D eigenvalue weighted by atomic mass is 16.5. The third-order valence-corrected chi connectivity index (χ3v) is 3.65. The number of hydrogen-bond acceptors (Lipinski definition) is 3. The molecule has 0 aliphatic carbocycles. The molecule has 1 N–H and O–H groups in total. The minimum Gasteiger partial charge on any atom is -0.504 e. The smallest absolute Gasteiger partial charge is 0.160 e. The topological polar surface area (TPSA) is 46.5 Å². The maximum absolute atomic E-state index is 11.9. The molecule has 1 rings (SSSR count). The second-order valence-electron chi connectivity index (χ2n) is 5.55. The minimum atomic E-state index is 0.132. The van der Waals surface area contributed by atoms with Crippen molar-refractivity contribution >= 4 is 5.78 Å². The largest absolute Gasteiger partial charge is 0.504 e. The van der Waals surface area contributed by atoms with E-state index in [-0.39, 0.29) is 5.75 Å². The van der Waals surface area contributed by atoms with Crippen molar-refractivity contribution in [3.8, 4) is 11.5 Å². The molecule has 3 heteroatoms. The zero-order chi connectivity index (χ0) is 16.2. The molecule has 22 heavy (non-hydrogen) atoms. The first-order chi connectivity index (χ1) is 10.7. The average molecular weight is 304 g/mol. The number of ketones is 1. The number of ether oxygens (including phenoxy) is 1. The first kappa shape index (κ1) is 18.3. The number of unbranched alkanes of at least 4 members (excludes halogenated alkanes) is 3. The first-order valence-corrected chi connectivity index (χ1v) is 8.20. The van der Waals surface area contributed by atoms with Crippen molar-refractivity contribution in [2.24, 2.45) is 0 Å². The molecule has 0 fully saturated rings. The van der Waals surface area contributed by atoms with Crippen LogP contribution in [-0.4, -0.2) is 18.0 Å². The number of aryl methyl sites for hydroxylation is 1. The van der Waals surface area contributed by atoms with Gasteiger partial charge in [0.1, 0.15) is 5.78 Å². The van der Waals surface area contributed by atoms with Crippen molar-refractivity contribution < 1.29 is 14.6 Å². The van der Waals surface area contributed by atoms with Gasteiger partial charge in [0.2, 0.25) is 0 Å². The van der Waals surface area contributed by atoms with E-state index in [0.717, 1.165) is 24.8 Å². The maximum atomic E-state index is 11.9. The Kier molecular flexibility index (Phi) is 9.04. The Labute approximate surface area is 134 Å². The summed E-state index contributed by atoms with van der Waals surface area (Å²) in [4.78, 5) is 11.9. The molecule has 0 bridgehead atoms. The predicted molar refractivity (Wildman–Crippen MR) is 90.5 cm³/mol. The van der Waals surface area contributed by atoms with Crippen LogP contribution >= 0.6 is 0 Å². The number of allylic oxidation sites excluding steroid dienone is 2. The number of aromatic hydroxyl groups is 1. The highest BCUT2D eigenvalue weighted by Crippen LogP contribution is 2.26. The molecule has 0 amide bonds. The van der Waals surface area contributed by atoms with Crippen LogP contribution in [0.2, 0.25) is 0 Å². The molecule has 0 radical (unpaired) electrons. The summed E-state index contributed by atoms with van der Waals surface area (Å²) in [6.07, 6.45) is 11.8. The van der Waals surface area contributed by atoms with Crippen molar-refractivity contribution in [2.45, 2.75) is 58.3 Å². The van der Waals surface area contributed by atoms with Gasteiger partial charge in [-0.05, 0) is 43.4 Å². The van der Waals surface area contributed by atoms with E-state index >= 15 is 0 Å². The van der Waals surface area contributed by atoms with Crippen LogP contribution in [0.25, 0.3) is 0 Å². The van der Waals surface area contributed by atoms with Gasteiger partial charge >= 0.3 is 0 Å². The standard InChI is InChI=1S/C19H28O3/c1-3-4-5-6-7-8-9-10-17(20)13-11-16-12-14-18(21)19(15-16)22-2/h6-7,12,14-15,21H,3-5,8-11,13H2,1-2H3. The Morgan fingerprint density at radius 1 is 1.18 bits per heavy atom. The Balaban J connectivity index is 2.22. The fourth-order valence-corrected chi connectivity index (χ4v) is 2.26. The van der Waals surface area contributed by atoms with Gasteiger partial charge < -0.3 is 9.84 Å². The monoisotopic (exact) mass is 304 g/mol. The van der Waals surface area contributed by atoms with E-state index in [1.54, 1.807) is 12.1 Å². The van der Waals surface area contributed by atoms with E-state index in [1.807, 2.05) is 6.07 Å². The fourth-order valence-electron chi connectivity index (χ4n) is 2.26. The summed E-state index contributed by atoms with van der Waals surface area (Å²) in [5.41, 5.74) is 1.02. The summed E-state index contributed by atoms with van der Waals surface area (Å²) in [7, 11) is 1.53. The number of rotatable bonds is 11. The highest BCUT2D eigenvalue weighted by molar-refractivity contribution is 5.78. The summed E-state index contributed by atoms with van der Waals surface area (Å²) in [6, 6.07) is 5.24. The van der Waals surface area contributed by atoms with Crippen LogP contribution in [0.1, 0.15) is 57.4 Å². The van der Waals surface area contributed by atoms with E-state index in [4.69, 9.17) is 4.74 Å². The lowest BCUT2D eigenvalue weighted by atomic mass is 10.0. The average Bonchev–Trinajstić information content (AvgIpc) is 2.53. The van der Waals surface area contributed by atoms with Crippen molar-refractivity contribution in [1.29, 1.82) is 0 Å². The van der Waals surface area contributed by atoms with Gasteiger partial charge in [0.15, 0.2) is 11.5 Å². The number of carbonyl (C=O) groups excluding carboxylic acids is 1. The van der Waals surface area contributed by atoms with Gasteiger partial charge in [-0.2, -0.15) is 0 Å². The summed E-state index contributed by atoms with van der Waals surface area (Å²) in [5.74, 6) is 0.892. The van der Waals surface area contributed by atoms with Crippen LogP contribution in [0.5, 0.6) is 11.5 Å². The minimum absolute atomic E-state index is 0.132. The van der Waals surface area contributed by atoms with Crippen LogP contribution in [0.15, 0.2) is 30.4 Å². The number of hydrogen-bond donors (Lipinski definition) is 1. The van der Waals surface area contributed by atoms with Crippen LogP contribution in [0, 0.1) is 0 Å². The zero-order valence-electron chi connectivity index (χ0n) is 13.8. The van der Waals surface area contributed by atoms with Gasteiger partial charge in [-0.25, -0.2) is 0 Å². The molecule has 0 heterocycles. The summed E-state index contributed by atoms with van der Waals surface area (Å²) in [5, 5.41) is 9.53. The molecular formula is C19H28O3. The number of methoxy groups -OCH3 is 1.